The number of hydrogen-bond donors (Lipinski definition) is 2. The van der Waals surface area contributed by atoms with Gasteiger partial charge in [-0.1, -0.05) is 30.3 Å². The highest BCUT2D eigenvalue weighted by Gasteiger charge is 2.04. The molecule has 2 nitrogen and oxygen atoms in total. The predicted octanol–water partition coefficient (Wildman–Crippen LogP) is -1.06. The molecule has 0 bridgehead atoms. The summed E-state index contributed by atoms with van der Waals surface area (Å²) in [7, 11) is 0. The summed E-state index contributed by atoms with van der Waals surface area (Å²) in [5.74, 6) is 0.295. The maximum Gasteiger partial charge on any atom is 0.128 e. The molecule has 0 aliphatic rings. The lowest BCUT2D eigenvalue weighted by atomic mass is 10.0. The van der Waals surface area contributed by atoms with E-state index in [1.54, 1.807) is 12.1 Å². The maximum atomic E-state index is 9.66. The van der Waals surface area contributed by atoms with Crippen molar-refractivity contribution in [2.75, 3.05) is 0 Å². The number of benzene rings is 2. The number of hydrogen-bond acceptors (Lipinski definition) is 1. The Bertz CT molecular complexity index is 443. The fourth-order valence-corrected chi connectivity index (χ4v) is 1.43. The van der Waals surface area contributed by atoms with E-state index in [0.29, 0.717) is 5.75 Å². The zero-order chi connectivity index (χ0) is 9.97. The Hall–Kier alpha value is -1.51. The van der Waals surface area contributed by atoms with Gasteiger partial charge in [-0.2, -0.15) is 0 Å². The zero-order valence-electron chi connectivity index (χ0n) is 8.15. The summed E-state index contributed by atoms with van der Waals surface area (Å²) >= 11 is 0. The van der Waals surface area contributed by atoms with Crippen molar-refractivity contribution in [2.24, 2.45) is 0 Å². The molecule has 2 rings (SSSR count). The summed E-state index contributed by atoms with van der Waals surface area (Å²) in [6, 6.07) is 15.1. The van der Waals surface area contributed by atoms with Gasteiger partial charge < -0.3 is 23.2 Å². The third kappa shape index (κ3) is 2.49. The first-order valence-corrected chi connectivity index (χ1v) is 4.48. The molecular formula is C12H12ClNO. The summed E-state index contributed by atoms with van der Waals surface area (Å²) in [6.07, 6.45) is 0. The Labute approximate surface area is 94.8 Å². The van der Waals surface area contributed by atoms with Crippen molar-refractivity contribution < 1.29 is 23.2 Å². The normalized spacial score (nSPS) is 9.40. The fraction of sp³-hybridized carbons (Fsp3) is 0. The first-order chi connectivity index (χ1) is 6.77. The lowest BCUT2D eigenvalue weighted by Crippen LogP contribution is -3.00. The highest BCUT2D eigenvalue weighted by Crippen LogP contribution is 2.29. The second kappa shape index (κ2) is 4.82. The highest BCUT2D eigenvalue weighted by molar-refractivity contribution is 5.72. The molecule has 0 amide bonds. The van der Waals surface area contributed by atoms with E-state index in [2.05, 4.69) is 5.73 Å². The van der Waals surface area contributed by atoms with E-state index in [-0.39, 0.29) is 12.4 Å². The Morgan fingerprint density at radius 2 is 1.60 bits per heavy atom. The molecule has 3 heteroatoms. The number of phenolic OH excluding ortho intramolecular Hbond substituents is 1. The second-order valence-electron chi connectivity index (χ2n) is 3.22. The van der Waals surface area contributed by atoms with Crippen LogP contribution in [0.1, 0.15) is 0 Å². The Balaban J connectivity index is 0.00000112. The Kier molecular flexibility index (Phi) is 3.72. The summed E-state index contributed by atoms with van der Waals surface area (Å²) in [4.78, 5) is 0. The smallest absolute Gasteiger partial charge is 0.128 e. The molecule has 0 saturated heterocycles. The molecule has 0 saturated carbocycles. The van der Waals surface area contributed by atoms with Gasteiger partial charge in [-0.3, -0.25) is 0 Å². The zero-order valence-corrected chi connectivity index (χ0v) is 8.91. The van der Waals surface area contributed by atoms with Crippen molar-refractivity contribution in [3.05, 3.63) is 48.5 Å². The minimum Gasteiger partial charge on any atom is -1.00 e. The number of aromatic hydroxyl groups is 1. The molecule has 0 unspecified atom stereocenters. The van der Waals surface area contributed by atoms with E-state index in [1.165, 1.54) is 0 Å². The largest absolute Gasteiger partial charge is 1.00 e. The maximum absolute atomic E-state index is 9.66. The van der Waals surface area contributed by atoms with Crippen LogP contribution >= 0.6 is 0 Å². The van der Waals surface area contributed by atoms with Gasteiger partial charge in [0, 0.05) is 17.7 Å². The van der Waals surface area contributed by atoms with E-state index in [9.17, 15) is 5.11 Å². The van der Waals surface area contributed by atoms with Crippen LogP contribution in [0, 0.1) is 0 Å². The van der Waals surface area contributed by atoms with Gasteiger partial charge in [-0.05, 0) is 11.6 Å². The first kappa shape index (κ1) is 11.6. The summed E-state index contributed by atoms with van der Waals surface area (Å²) < 4.78 is 0. The van der Waals surface area contributed by atoms with Crippen molar-refractivity contribution in [3.8, 4) is 16.9 Å². The molecule has 15 heavy (non-hydrogen) atoms. The van der Waals surface area contributed by atoms with Crippen LogP contribution in [0.25, 0.3) is 11.1 Å². The van der Waals surface area contributed by atoms with E-state index < -0.39 is 0 Å². The van der Waals surface area contributed by atoms with E-state index in [0.717, 1.165) is 16.8 Å². The van der Waals surface area contributed by atoms with Crippen molar-refractivity contribution in [1.82, 2.24) is 0 Å². The van der Waals surface area contributed by atoms with Crippen LogP contribution in [0.3, 0.4) is 0 Å². The van der Waals surface area contributed by atoms with E-state index in [1.807, 2.05) is 36.4 Å². The lowest BCUT2D eigenvalue weighted by Gasteiger charge is -2.03. The summed E-state index contributed by atoms with van der Waals surface area (Å²) in [6.45, 7) is 0. The van der Waals surface area contributed by atoms with Crippen LogP contribution in [-0.2, 0) is 0 Å². The van der Waals surface area contributed by atoms with E-state index >= 15 is 0 Å². The topological polar surface area (TPSA) is 47.9 Å². The minimum absolute atomic E-state index is 0. The van der Waals surface area contributed by atoms with Crippen molar-refractivity contribution >= 4 is 5.69 Å². The first-order valence-electron chi connectivity index (χ1n) is 4.48. The SMILES string of the molecule is [Cl-].[NH3+]c1ccc(O)c(-c2ccccc2)c1. The molecule has 0 fully saturated rings. The van der Waals surface area contributed by atoms with Gasteiger partial charge in [0.15, 0.2) is 0 Å². The molecular weight excluding hydrogens is 210 g/mol. The van der Waals surface area contributed by atoms with Crippen LogP contribution < -0.4 is 18.1 Å². The number of quaternary nitrogens is 1. The van der Waals surface area contributed by atoms with Crippen LogP contribution in [0.4, 0.5) is 5.69 Å². The molecule has 0 radical (unpaired) electrons. The monoisotopic (exact) mass is 221 g/mol. The fourth-order valence-electron chi connectivity index (χ4n) is 1.43. The molecule has 0 aliphatic heterocycles. The molecule has 0 heterocycles. The van der Waals surface area contributed by atoms with E-state index in [4.69, 9.17) is 0 Å². The van der Waals surface area contributed by atoms with Gasteiger partial charge in [0.25, 0.3) is 0 Å². The Morgan fingerprint density at radius 3 is 2.27 bits per heavy atom. The molecule has 2 aromatic rings. The standard InChI is InChI=1S/C12H11NO.ClH/c13-10-6-7-12(14)11(8-10)9-4-2-1-3-5-9;/h1-8,14H,13H2;1H. The van der Waals surface area contributed by atoms with Gasteiger partial charge >= 0.3 is 0 Å². The average molecular weight is 222 g/mol. The van der Waals surface area contributed by atoms with Gasteiger partial charge in [0.2, 0.25) is 0 Å². The Morgan fingerprint density at radius 1 is 0.933 bits per heavy atom. The summed E-state index contributed by atoms with van der Waals surface area (Å²) in [5, 5.41) is 9.66. The molecule has 0 aliphatic carbocycles. The van der Waals surface area contributed by atoms with Crippen LogP contribution in [0.2, 0.25) is 0 Å². The van der Waals surface area contributed by atoms with Crippen molar-refractivity contribution in [3.63, 3.8) is 0 Å². The quantitative estimate of drug-likeness (QED) is 0.634. The van der Waals surface area contributed by atoms with Crippen LogP contribution in [0.15, 0.2) is 48.5 Å². The second-order valence-corrected chi connectivity index (χ2v) is 3.22. The van der Waals surface area contributed by atoms with Gasteiger partial charge in [0.1, 0.15) is 11.4 Å². The van der Waals surface area contributed by atoms with Crippen molar-refractivity contribution in [2.45, 2.75) is 0 Å². The molecule has 0 aromatic heterocycles. The van der Waals surface area contributed by atoms with Gasteiger partial charge in [-0.15, -0.1) is 0 Å². The number of halogens is 1. The minimum atomic E-state index is 0. The highest BCUT2D eigenvalue weighted by atomic mass is 35.5. The molecule has 78 valence electrons. The van der Waals surface area contributed by atoms with Crippen LogP contribution in [0.5, 0.6) is 5.75 Å². The molecule has 0 atom stereocenters. The van der Waals surface area contributed by atoms with Crippen LogP contribution in [-0.4, -0.2) is 5.11 Å². The van der Waals surface area contributed by atoms with Gasteiger partial charge in [0.05, 0.1) is 0 Å². The molecule has 4 N–H and O–H groups in total. The average Bonchev–Trinajstić information content (AvgIpc) is 2.23. The molecule has 0 spiro atoms. The lowest BCUT2D eigenvalue weighted by molar-refractivity contribution is -0.254. The third-order valence-corrected chi connectivity index (χ3v) is 2.15. The summed E-state index contributed by atoms with van der Waals surface area (Å²) in [5.41, 5.74) is 6.58. The third-order valence-electron chi connectivity index (χ3n) is 2.15. The van der Waals surface area contributed by atoms with Crippen molar-refractivity contribution in [1.29, 1.82) is 0 Å². The molecule has 2 aromatic carbocycles. The number of phenols is 1. The van der Waals surface area contributed by atoms with Gasteiger partial charge in [-0.25, -0.2) is 0 Å². The predicted molar refractivity (Wildman–Crippen MR) is 56.1 cm³/mol. The number of rotatable bonds is 1.